The highest BCUT2D eigenvalue weighted by Gasteiger charge is 1.96. The second-order valence-corrected chi connectivity index (χ2v) is 3.28. The average Bonchev–Trinajstić information content (AvgIpc) is 2.12. The van der Waals surface area contributed by atoms with Crippen LogP contribution in [0.4, 0.5) is 0 Å². The van der Waals surface area contributed by atoms with Crippen molar-refractivity contribution in [3.05, 3.63) is 12.7 Å². The summed E-state index contributed by atoms with van der Waals surface area (Å²) in [5.74, 6) is 10.3. The Morgan fingerprint density at radius 1 is 1.85 bits per heavy atom. The van der Waals surface area contributed by atoms with Crippen LogP contribution < -0.4 is 5.84 Å². The maximum atomic E-state index is 5.62. The molecule has 0 amide bonds. The van der Waals surface area contributed by atoms with Crippen LogP contribution in [0.2, 0.25) is 0 Å². The SMILES string of the molecule is C#CCSCN=C(C)N(N)CC=C. The zero-order valence-corrected chi connectivity index (χ0v) is 8.68. The molecule has 0 unspecified atom stereocenters. The van der Waals surface area contributed by atoms with Crippen LogP contribution >= 0.6 is 11.8 Å². The van der Waals surface area contributed by atoms with Gasteiger partial charge in [0.15, 0.2) is 0 Å². The second kappa shape index (κ2) is 7.71. The molecule has 0 bridgehead atoms. The molecular formula is C9H15N3S. The summed E-state index contributed by atoms with van der Waals surface area (Å²) in [4.78, 5) is 4.22. The molecule has 0 saturated carbocycles. The number of rotatable bonds is 5. The van der Waals surface area contributed by atoms with Crippen LogP contribution in [0.5, 0.6) is 0 Å². The van der Waals surface area contributed by atoms with E-state index in [0.29, 0.717) is 18.2 Å². The van der Waals surface area contributed by atoms with E-state index >= 15 is 0 Å². The molecule has 0 aliphatic rings. The fraction of sp³-hybridized carbons (Fsp3) is 0.444. The molecule has 0 rings (SSSR count). The number of hydrazine groups is 1. The Bertz CT molecular complexity index is 217. The Morgan fingerprint density at radius 3 is 3.08 bits per heavy atom. The van der Waals surface area contributed by atoms with Crippen molar-refractivity contribution < 1.29 is 0 Å². The van der Waals surface area contributed by atoms with Crippen molar-refractivity contribution >= 4 is 17.6 Å². The predicted molar refractivity (Wildman–Crippen MR) is 60.4 cm³/mol. The van der Waals surface area contributed by atoms with Crippen LogP contribution in [0.25, 0.3) is 0 Å². The van der Waals surface area contributed by atoms with Gasteiger partial charge in [-0.3, -0.25) is 10.0 Å². The van der Waals surface area contributed by atoms with Crippen LogP contribution in [-0.2, 0) is 0 Å². The number of hydrogen-bond donors (Lipinski definition) is 1. The van der Waals surface area contributed by atoms with E-state index in [2.05, 4.69) is 17.5 Å². The molecule has 4 heteroatoms. The lowest BCUT2D eigenvalue weighted by Gasteiger charge is -2.15. The number of aliphatic imine (C=N–C) groups is 1. The van der Waals surface area contributed by atoms with Crippen molar-refractivity contribution in [2.45, 2.75) is 6.92 Å². The van der Waals surface area contributed by atoms with E-state index < -0.39 is 0 Å². The highest BCUT2D eigenvalue weighted by Crippen LogP contribution is 1.98. The molecule has 3 nitrogen and oxygen atoms in total. The maximum Gasteiger partial charge on any atom is 0.111 e. The minimum absolute atomic E-state index is 0.606. The Kier molecular flexibility index (Phi) is 7.17. The molecule has 0 aliphatic heterocycles. The van der Waals surface area contributed by atoms with E-state index in [0.717, 1.165) is 5.84 Å². The summed E-state index contributed by atoms with van der Waals surface area (Å²) in [6.07, 6.45) is 6.81. The third-order valence-electron chi connectivity index (χ3n) is 1.31. The zero-order valence-electron chi connectivity index (χ0n) is 7.86. The molecule has 0 aromatic carbocycles. The number of hydrogen-bond acceptors (Lipinski definition) is 3. The molecule has 0 aromatic heterocycles. The third kappa shape index (κ3) is 6.26. The topological polar surface area (TPSA) is 41.6 Å². The lowest BCUT2D eigenvalue weighted by atomic mass is 10.5. The highest BCUT2D eigenvalue weighted by atomic mass is 32.2. The van der Waals surface area contributed by atoms with Gasteiger partial charge >= 0.3 is 0 Å². The Balaban J connectivity index is 3.74. The second-order valence-electron chi connectivity index (χ2n) is 2.33. The molecule has 0 fully saturated rings. The average molecular weight is 197 g/mol. The number of thioether (sulfide) groups is 1. The van der Waals surface area contributed by atoms with Crippen LogP contribution in [-0.4, -0.2) is 29.0 Å². The van der Waals surface area contributed by atoms with Gasteiger partial charge in [-0.2, -0.15) is 0 Å². The summed E-state index contributed by atoms with van der Waals surface area (Å²) in [7, 11) is 0. The first kappa shape index (κ1) is 12.1. The number of nitrogens with two attached hydrogens (primary N) is 1. The number of amidine groups is 1. The molecule has 72 valence electrons. The molecule has 0 heterocycles. The number of nitrogens with zero attached hydrogens (tertiary/aromatic N) is 2. The zero-order chi connectivity index (χ0) is 10.1. The summed E-state index contributed by atoms with van der Waals surface area (Å²) in [6.45, 7) is 6.05. The molecule has 2 N–H and O–H groups in total. The summed E-state index contributed by atoms with van der Waals surface area (Å²) in [5, 5.41) is 1.55. The van der Waals surface area contributed by atoms with E-state index in [-0.39, 0.29) is 0 Å². The normalized spacial score (nSPS) is 10.7. The first-order chi connectivity index (χ1) is 6.22. The van der Waals surface area contributed by atoms with E-state index in [1.54, 1.807) is 22.8 Å². The van der Waals surface area contributed by atoms with Crippen LogP contribution in [0.15, 0.2) is 17.6 Å². The van der Waals surface area contributed by atoms with Gasteiger partial charge in [0.2, 0.25) is 0 Å². The minimum Gasteiger partial charge on any atom is -0.295 e. The molecule has 0 aromatic rings. The van der Waals surface area contributed by atoms with Gasteiger partial charge < -0.3 is 0 Å². The summed E-state index contributed by atoms with van der Waals surface area (Å²) in [5.41, 5.74) is 0. The van der Waals surface area contributed by atoms with Gasteiger partial charge in [0.1, 0.15) is 5.84 Å². The van der Waals surface area contributed by atoms with Gasteiger partial charge in [0, 0.05) is 0 Å². The number of terminal acetylenes is 1. The molecular weight excluding hydrogens is 182 g/mol. The maximum absolute atomic E-state index is 5.62. The Hall–Kier alpha value is -0.920. The lowest BCUT2D eigenvalue weighted by Crippen LogP contribution is -2.35. The van der Waals surface area contributed by atoms with Gasteiger partial charge in [-0.25, -0.2) is 5.84 Å². The predicted octanol–water partition coefficient (Wildman–Crippen LogP) is 1.09. The summed E-state index contributed by atoms with van der Waals surface area (Å²) >= 11 is 1.59. The fourth-order valence-corrected chi connectivity index (χ4v) is 1.09. The summed E-state index contributed by atoms with van der Waals surface area (Å²) in [6, 6.07) is 0. The first-order valence-electron chi connectivity index (χ1n) is 3.87. The molecule has 0 spiro atoms. The monoisotopic (exact) mass is 197 g/mol. The van der Waals surface area contributed by atoms with Crippen LogP contribution in [0.1, 0.15) is 6.92 Å². The van der Waals surface area contributed by atoms with Gasteiger partial charge in [-0.15, -0.1) is 24.8 Å². The quantitative estimate of drug-likeness (QED) is 0.136. The van der Waals surface area contributed by atoms with E-state index in [1.165, 1.54) is 0 Å². The Morgan fingerprint density at radius 2 is 2.54 bits per heavy atom. The smallest absolute Gasteiger partial charge is 0.111 e. The summed E-state index contributed by atoms with van der Waals surface area (Å²) < 4.78 is 0. The van der Waals surface area contributed by atoms with Crippen molar-refractivity contribution in [1.82, 2.24) is 5.01 Å². The van der Waals surface area contributed by atoms with Crippen molar-refractivity contribution in [3.63, 3.8) is 0 Å². The van der Waals surface area contributed by atoms with Crippen molar-refractivity contribution in [2.75, 3.05) is 18.2 Å². The molecule has 0 aliphatic carbocycles. The molecule has 13 heavy (non-hydrogen) atoms. The van der Waals surface area contributed by atoms with E-state index in [9.17, 15) is 0 Å². The van der Waals surface area contributed by atoms with E-state index in [4.69, 9.17) is 12.3 Å². The molecule has 0 radical (unpaired) electrons. The van der Waals surface area contributed by atoms with E-state index in [1.807, 2.05) is 6.92 Å². The van der Waals surface area contributed by atoms with Crippen molar-refractivity contribution in [2.24, 2.45) is 10.8 Å². The standard InChI is InChI=1S/C9H15N3S/c1-4-6-12(10)9(3)11-8-13-7-5-2/h2,4H,1,6-8,10H2,3H3. The lowest BCUT2D eigenvalue weighted by molar-refractivity contribution is 0.485. The fourth-order valence-electron chi connectivity index (χ4n) is 0.606. The largest absolute Gasteiger partial charge is 0.295 e. The van der Waals surface area contributed by atoms with Gasteiger partial charge in [-0.05, 0) is 6.92 Å². The minimum atomic E-state index is 0.606. The molecule has 0 atom stereocenters. The van der Waals surface area contributed by atoms with Gasteiger partial charge in [0.05, 0.1) is 18.2 Å². The highest BCUT2D eigenvalue weighted by molar-refractivity contribution is 7.99. The van der Waals surface area contributed by atoms with Crippen molar-refractivity contribution in [1.29, 1.82) is 0 Å². The van der Waals surface area contributed by atoms with Gasteiger partial charge in [0.25, 0.3) is 0 Å². The molecule has 0 saturated heterocycles. The van der Waals surface area contributed by atoms with Crippen molar-refractivity contribution in [3.8, 4) is 12.3 Å². The first-order valence-corrected chi connectivity index (χ1v) is 5.03. The van der Waals surface area contributed by atoms with Crippen LogP contribution in [0, 0.1) is 12.3 Å². The third-order valence-corrected chi connectivity index (χ3v) is 1.99. The van der Waals surface area contributed by atoms with Crippen LogP contribution in [0.3, 0.4) is 0 Å². The Labute approximate surface area is 84.1 Å². The van der Waals surface area contributed by atoms with Gasteiger partial charge in [-0.1, -0.05) is 12.0 Å².